The minimum atomic E-state index is -2.99. The molecule has 2 aliphatic rings. The van der Waals surface area contributed by atoms with E-state index < -0.39 is 9.84 Å². The Kier molecular flexibility index (Phi) is 5.61. The molecule has 2 aromatic rings. The highest BCUT2D eigenvalue weighted by Gasteiger charge is 2.42. The van der Waals surface area contributed by atoms with Gasteiger partial charge in [0.2, 0.25) is 0 Å². The predicted octanol–water partition coefficient (Wildman–Crippen LogP) is 2.64. The first kappa shape index (κ1) is 20.5. The molecule has 30 heavy (non-hydrogen) atoms. The molecule has 0 aromatic heterocycles. The Morgan fingerprint density at radius 2 is 1.80 bits per heavy atom. The minimum Gasteiger partial charge on any atom is -0.497 e. The molecule has 2 aliphatic heterocycles. The standard InChI is InChI=1S/C20H21N3O5S2/c1-27-15-7-14(8-16(9-15)28-2)21-19(24)12-4-3-5-13(6-12)22-20-23-17-10-30(25,26)11-18(17)29-20/h3-9,17-18H,10-11H2,1-2H3,(H,21,24)(H,22,23)/t17-,18-/m1/s1. The van der Waals surface area contributed by atoms with Gasteiger partial charge in [-0.2, -0.15) is 0 Å². The number of benzene rings is 2. The van der Waals surface area contributed by atoms with E-state index in [4.69, 9.17) is 9.47 Å². The minimum absolute atomic E-state index is 0.0352. The number of amidine groups is 1. The second-order valence-corrected chi connectivity index (χ2v) is 10.4. The van der Waals surface area contributed by atoms with Gasteiger partial charge < -0.3 is 20.1 Å². The van der Waals surface area contributed by atoms with Gasteiger partial charge in [-0.25, -0.2) is 8.42 Å². The molecule has 1 fully saturated rings. The van der Waals surface area contributed by atoms with Gasteiger partial charge in [0.1, 0.15) is 11.5 Å². The number of hydrogen-bond acceptors (Lipinski definition) is 8. The summed E-state index contributed by atoms with van der Waals surface area (Å²) >= 11 is 1.43. The Morgan fingerprint density at radius 3 is 2.47 bits per heavy atom. The van der Waals surface area contributed by atoms with Crippen molar-refractivity contribution in [2.24, 2.45) is 4.99 Å². The van der Waals surface area contributed by atoms with Crippen LogP contribution in [0, 0.1) is 0 Å². The summed E-state index contributed by atoms with van der Waals surface area (Å²) < 4.78 is 33.8. The van der Waals surface area contributed by atoms with Crippen LogP contribution in [0.2, 0.25) is 0 Å². The quantitative estimate of drug-likeness (QED) is 0.726. The second kappa shape index (κ2) is 8.19. The van der Waals surface area contributed by atoms with Crippen molar-refractivity contribution >= 4 is 44.0 Å². The molecule has 158 valence electrons. The number of thioether (sulfide) groups is 1. The summed E-state index contributed by atoms with van der Waals surface area (Å²) in [6, 6.07) is 12.0. The van der Waals surface area contributed by atoms with Crippen molar-refractivity contribution in [2.75, 3.05) is 36.4 Å². The SMILES string of the molecule is COc1cc(NC(=O)c2cccc(NC3=N[C@@H]4CS(=O)(=O)C[C@H]4S3)c2)cc(OC)c1. The maximum absolute atomic E-state index is 12.7. The average Bonchev–Trinajstić information content (AvgIpc) is 3.20. The Bertz CT molecular complexity index is 1090. The molecule has 4 rings (SSSR count). The van der Waals surface area contributed by atoms with Crippen molar-refractivity contribution < 1.29 is 22.7 Å². The Labute approximate surface area is 179 Å². The molecule has 0 aliphatic carbocycles. The van der Waals surface area contributed by atoms with E-state index in [0.717, 1.165) is 0 Å². The zero-order valence-electron chi connectivity index (χ0n) is 16.4. The monoisotopic (exact) mass is 447 g/mol. The molecular weight excluding hydrogens is 426 g/mol. The maximum atomic E-state index is 12.7. The van der Waals surface area contributed by atoms with Crippen LogP contribution in [0.3, 0.4) is 0 Å². The van der Waals surface area contributed by atoms with Gasteiger partial charge in [-0.1, -0.05) is 17.8 Å². The highest BCUT2D eigenvalue weighted by atomic mass is 32.2. The molecule has 10 heteroatoms. The lowest BCUT2D eigenvalue weighted by Gasteiger charge is -2.11. The first-order valence-electron chi connectivity index (χ1n) is 9.21. The van der Waals surface area contributed by atoms with Crippen LogP contribution in [-0.2, 0) is 9.84 Å². The average molecular weight is 448 g/mol. The number of anilines is 2. The Morgan fingerprint density at radius 1 is 1.07 bits per heavy atom. The number of nitrogens with zero attached hydrogens (tertiary/aromatic N) is 1. The van der Waals surface area contributed by atoms with Gasteiger partial charge in [0.05, 0.1) is 31.8 Å². The third-order valence-corrected chi connectivity index (χ3v) is 7.95. The van der Waals surface area contributed by atoms with E-state index in [1.165, 1.54) is 11.8 Å². The van der Waals surface area contributed by atoms with Crippen molar-refractivity contribution in [3.8, 4) is 11.5 Å². The summed E-state index contributed by atoms with van der Waals surface area (Å²) in [6.07, 6.45) is 0. The summed E-state index contributed by atoms with van der Waals surface area (Å²) in [7, 11) is 0.103. The van der Waals surface area contributed by atoms with E-state index >= 15 is 0 Å². The third-order valence-electron chi connectivity index (χ3n) is 4.80. The van der Waals surface area contributed by atoms with Crippen LogP contribution in [0.25, 0.3) is 0 Å². The summed E-state index contributed by atoms with van der Waals surface area (Å²) in [5, 5.41) is 6.67. The van der Waals surface area contributed by atoms with Crippen LogP contribution in [0.4, 0.5) is 11.4 Å². The van der Waals surface area contributed by atoms with Crippen molar-refractivity contribution in [1.82, 2.24) is 0 Å². The summed E-state index contributed by atoms with van der Waals surface area (Å²) in [5.74, 6) is 1.12. The largest absolute Gasteiger partial charge is 0.497 e. The molecule has 2 heterocycles. The van der Waals surface area contributed by atoms with Gasteiger partial charge in [0.25, 0.3) is 5.91 Å². The van der Waals surface area contributed by atoms with Crippen LogP contribution < -0.4 is 20.1 Å². The van der Waals surface area contributed by atoms with E-state index in [2.05, 4.69) is 15.6 Å². The van der Waals surface area contributed by atoms with Gasteiger partial charge in [0.15, 0.2) is 15.0 Å². The Balaban J connectivity index is 1.46. The van der Waals surface area contributed by atoms with Gasteiger partial charge in [-0.3, -0.25) is 9.79 Å². The van der Waals surface area contributed by atoms with Crippen LogP contribution >= 0.6 is 11.8 Å². The number of methoxy groups -OCH3 is 2. The summed E-state index contributed by atoms with van der Waals surface area (Å²) in [5.41, 5.74) is 1.73. The normalized spacial score (nSPS) is 21.5. The predicted molar refractivity (Wildman–Crippen MR) is 119 cm³/mol. The zero-order chi connectivity index (χ0) is 21.3. The lowest BCUT2D eigenvalue weighted by Crippen LogP contribution is -2.14. The lowest BCUT2D eigenvalue weighted by atomic mass is 10.2. The molecule has 0 spiro atoms. The third kappa shape index (κ3) is 4.54. The summed E-state index contributed by atoms with van der Waals surface area (Å²) in [6.45, 7) is 0. The number of amides is 1. The first-order valence-corrected chi connectivity index (χ1v) is 11.9. The fraction of sp³-hybridized carbons (Fsp3) is 0.300. The number of sulfone groups is 1. The van der Waals surface area contributed by atoms with Crippen LogP contribution in [0.15, 0.2) is 47.5 Å². The number of fused-ring (bicyclic) bond motifs is 1. The van der Waals surface area contributed by atoms with Crippen LogP contribution in [-0.4, -0.2) is 56.5 Å². The van der Waals surface area contributed by atoms with Crippen molar-refractivity contribution in [1.29, 1.82) is 0 Å². The van der Waals surface area contributed by atoms with Crippen molar-refractivity contribution in [3.63, 3.8) is 0 Å². The molecular formula is C20H21N3O5S2. The van der Waals surface area contributed by atoms with Gasteiger partial charge >= 0.3 is 0 Å². The second-order valence-electron chi connectivity index (χ2n) is 7.00. The fourth-order valence-electron chi connectivity index (χ4n) is 3.36. The number of nitrogens with one attached hydrogen (secondary N) is 2. The molecule has 2 aromatic carbocycles. The highest BCUT2D eigenvalue weighted by molar-refractivity contribution is 8.15. The highest BCUT2D eigenvalue weighted by Crippen LogP contribution is 2.34. The van der Waals surface area contributed by atoms with Crippen LogP contribution in [0.1, 0.15) is 10.4 Å². The van der Waals surface area contributed by atoms with Gasteiger partial charge in [-0.15, -0.1) is 0 Å². The molecule has 0 radical (unpaired) electrons. The molecule has 1 saturated heterocycles. The maximum Gasteiger partial charge on any atom is 0.255 e. The summed E-state index contributed by atoms with van der Waals surface area (Å²) in [4.78, 5) is 17.2. The molecule has 0 unspecified atom stereocenters. The van der Waals surface area contributed by atoms with E-state index in [0.29, 0.717) is 33.6 Å². The zero-order valence-corrected chi connectivity index (χ0v) is 18.0. The van der Waals surface area contributed by atoms with Crippen molar-refractivity contribution in [3.05, 3.63) is 48.0 Å². The van der Waals surface area contributed by atoms with Gasteiger partial charge in [-0.05, 0) is 18.2 Å². The number of rotatable bonds is 5. The molecule has 0 saturated carbocycles. The Hall–Kier alpha value is -2.72. The van der Waals surface area contributed by atoms with E-state index in [9.17, 15) is 13.2 Å². The van der Waals surface area contributed by atoms with E-state index in [1.807, 2.05) is 6.07 Å². The molecule has 1 amide bonds. The van der Waals surface area contributed by atoms with E-state index in [-0.39, 0.29) is 28.7 Å². The number of hydrogen-bond donors (Lipinski definition) is 2. The van der Waals surface area contributed by atoms with Gasteiger partial charge in [0, 0.05) is 40.4 Å². The molecule has 8 nitrogen and oxygen atoms in total. The molecule has 0 bridgehead atoms. The molecule has 2 atom stereocenters. The van der Waals surface area contributed by atoms with Crippen LogP contribution in [0.5, 0.6) is 11.5 Å². The first-order chi connectivity index (χ1) is 14.3. The number of ether oxygens (including phenoxy) is 2. The molecule has 2 N–H and O–H groups in total. The number of carbonyl (C=O) groups is 1. The lowest BCUT2D eigenvalue weighted by molar-refractivity contribution is 0.102. The number of carbonyl (C=O) groups excluding carboxylic acids is 1. The topological polar surface area (TPSA) is 106 Å². The fourth-order valence-corrected chi connectivity index (χ4v) is 7.04. The smallest absolute Gasteiger partial charge is 0.255 e. The number of aliphatic imine (C=N–C) groups is 1. The van der Waals surface area contributed by atoms with E-state index in [1.54, 1.807) is 50.6 Å². The van der Waals surface area contributed by atoms with Crippen molar-refractivity contribution in [2.45, 2.75) is 11.3 Å².